The molecule has 0 bridgehead atoms. The maximum absolute atomic E-state index is 12.5. The monoisotopic (exact) mass is 357 g/mol. The van der Waals surface area contributed by atoms with Gasteiger partial charge in [-0.1, -0.05) is 12.1 Å². The second-order valence-electron chi connectivity index (χ2n) is 5.61. The van der Waals surface area contributed by atoms with E-state index in [1.807, 2.05) is 24.3 Å². The second kappa shape index (κ2) is 7.64. The standard InChI is InChI=1S/C18H17F2N5O/c19-16(20)18-25-24-17(26-18)12-3-1-11(2-4-12)9-14(22)10-23-15-7-5-13(21)6-8-15/h1-8,10,16,23H,9,21-22H2/b14-10-. The van der Waals surface area contributed by atoms with Crippen LogP contribution in [0.15, 0.2) is 64.8 Å². The summed E-state index contributed by atoms with van der Waals surface area (Å²) < 4.78 is 29.9. The number of anilines is 2. The molecule has 2 aromatic carbocycles. The number of rotatable bonds is 6. The summed E-state index contributed by atoms with van der Waals surface area (Å²) in [5, 5.41) is 10.0. The average molecular weight is 357 g/mol. The van der Waals surface area contributed by atoms with Gasteiger partial charge in [0.2, 0.25) is 5.89 Å². The highest BCUT2D eigenvalue weighted by molar-refractivity contribution is 5.54. The molecule has 0 unspecified atom stereocenters. The predicted octanol–water partition coefficient (Wildman–Crippen LogP) is 3.71. The minimum absolute atomic E-state index is 0.0559. The molecule has 1 heterocycles. The van der Waals surface area contributed by atoms with Gasteiger partial charge in [-0.15, -0.1) is 10.2 Å². The van der Waals surface area contributed by atoms with E-state index in [-0.39, 0.29) is 5.89 Å². The van der Waals surface area contributed by atoms with E-state index in [0.717, 1.165) is 11.3 Å². The van der Waals surface area contributed by atoms with Gasteiger partial charge in [-0.05, 0) is 42.0 Å². The van der Waals surface area contributed by atoms with E-state index in [1.165, 1.54) is 0 Å². The van der Waals surface area contributed by atoms with Crippen molar-refractivity contribution in [1.82, 2.24) is 10.2 Å². The third-order valence-electron chi connectivity index (χ3n) is 3.57. The van der Waals surface area contributed by atoms with Gasteiger partial charge in [-0.3, -0.25) is 0 Å². The third-order valence-corrected chi connectivity index (χ3v) is 3.57. The lowest BCUT2D eigenvalue weighted by Gasteiger charge is -2.05. The molecule has 134 valence electrons. The lowest BCUT2D eigenvalue weighted by Crippen LogP contribution is -2.04. The minimum Gasteiger partial charge on any atom is -0.415 e. The van der Waals surface area contributed by atoms with Crippen LogP contribution in [-0.2, 0) is 6.42 Å². The zero-order valence-electron chi connectivity index (χ0n) is 13.7. The van der Waals surface area contributed by atoms with Crippen LogP contribution in [0.4, 0.5) is 20.2 Å². The Kier molecular flexibility index (Phi) is 5.12. The summed E-state index contributed by atoms with van der Waals surface area (Å²) in [5.74, 6) is -0.634. The molecule has 3 aromatic rings. The topological polar surface area (TPSA) is 103 Å². The maximum atomic E-state index is 12.5. The number of hydrogen-bond acceptors (Lipinski definition) is 6. The molecule has 1 aromatic heterocycles. The second-order valence-corrected chi connectivity index (χ2v) is 5.61. The number of halogens is 2. The summed E-state index contributed by atoms with van der Waals surface area (Å²) in [5.41, 5.74) is 15.4. The van der Waals surface area contributed by atoms with Crippen LogP contribution in [0.1, 0.15) is 17.9 Å². The number of hydrogen-bond donors (Lipinski definition) is 3. The number of allylic oxidation sites excluding steroid dienone is 1. The van der Waals surface area contributed by atoms with Crippen LogP contribution < -0.4 is 16.8 Å². The van der Waals surface area contributed by atoms with Gasteiger partial charge in [-0.2, -0.15) is 8.78 Å². The zero-order chi connectivity index (χ0) is 18.5. The molecule has 6 nitrogen and oxygen atoms in total. The average Bonchev–Trinajstić information content (AvgIpc) is 3.12. The summed E-state index contributed by atoms with van der Waals surface area (Å²) in [6, 6.07) is 14.4. The first-order chi connectivity index (χ1) is 12.5. The highest BCUT2D eigenvalue weighted by atomic mass is 19.3. The number of nitrogens with two attached hydrogens (primary N) is 2. The molecule has 0 aliphatic rings. The maximum Gasteiger partial charge on any atom is 0.314 e. The van der Waals surface area contributed by atoms with Crippen molar-refractivity contribution in [3.05, 3.63) is 71.9 Å². The molecule has 8 heteroatoms. The van der Waals surface area contributed by atoms with Crippen LogP contribution in [0.5, 0.6) is 0 Å². The lowest BCUT2D eigenvalue weighted by molar-refractivity contribution is 0.116. The summed E-state index contributed by atoms with van der Waals surface area (Å²) in [6.07, 6.45) is -0.546. The van der Waals surface area contributed by atoms with Crippen molar-refractivity contribution in [1.29, 1.82) is 0 Å². The van der Waals surface area contributed by atoms with Gasteiger partial charge in [0, 0.05) is 35.3 Å². The van der Waals surface area contributed by atoms with Gasteiger partial charge >= 0.3 is 6.43 Å². The largest absolute Gasteiger partial charge is 0.415 e. The molecule has 0 aliphatic carbocycles. The Bertz CT molecular complexity index is 889. The fourth-order valence-electron chi connectivity index (χ4n) is 2.25. The fourth-order valence-corrected chi connectivity index (χ4v) is 2.25. The number of nitrogens with zero attached hydrogens (tertiary/aromatic N) is 2. The van der Waals surface area contributed by atoms with Crippen molar-refractivity contribution in [2.24, 2.45) is 5.73 Å². The number of aromatic nitrogens is 2. The normalized spacial score (nSPS) is 11.7. The number of alkyl halides is 2. The third kappa shape index (κ3) is 4.35. The van der Waals surface area contributed by atoms with Crippen molar-refractivity contribution in [3.8, 4) is 11.5 Å². The van der Waals surface area contributed by atoms with Crippen molar-refractivity contribution in [2.45, 2.75) is 12.8 Å². The SMILES string of the molecule is N/C(=C\Nc1ccc(N)cc1)Cc1ccc(-c2nnc(C(F)F)o2)cc1. The van der Waals surface area contributed by atoms with Gasteiger partial charge in [0.05, 0.1) is 0 Å². The first-order valence-electron chi connectivity index (χ1n) is 7.79. The summed E-state index contributed by atoms with van der Waals surface area (Å²) in [4.78, 5) is 0. The molecule has 3 rings (SSSR count). The molecule has 0 aliphatic heterocycles. The Morgan fingerprint density at radius 2 is 1.77 bits per heavy atom. The summed E-state index contributed by atoms with van der Waals surface area (Å²) in [7, 11) is 0. The molecule has 0 spiro atoms. The first-order valence-corrected chi connectivity index (χ1v) is 7.79. The van der Waals surface area contributed by atoms with E-state index in [0.29, 0.717) is 23.4 Å². The Morgan fingerprint density at radius 3 is 2.38 bits per heavy atom. The zero-order valence-corrected chi connectivity index (χ0v) is 13.7. The van der Waals surface area contributed by atoms with Crippen LogP contribution >= 0.6 is 0 Å². The van der Waals surface area contributed by atoms with E-state index in [9.17, 15) is 8.78 Å². The van der Waals surface area contributed by atoms with Gasteiger partial charge in [0.25, 0.3) is 5.89 Å². The van der Waals surface area contributed by atoms with Crippen LogP contribution in [0.25, 0.3) is 11.5 Å². The Morgan fingerprint density at radius 1 is 1.08 bits per heavy atom. The highest BCUT2D eigenvalue weighted by Gasteiger charge is 2.16. The lowest BCUT2D eigenvalue weighted by atomic mass is 10.1. The van der Waals surface area contributed by atoms with Crippen molar-refractivity contribution < 1.29 is 13.2 Å². The van der Waals surface area contributed by atoms with Crippen LogP contribution in [0.3, 0.4) is 0 Å². The van der Waals surface area contributed by atoms with Crippen molar-refractivity contribution >= 4 is 11.4 Å². The Hall–Kier alpha value is -3.42. The molecule has 5 N–H and O–H groups in total. The van der Waals surface area contributed by atoms with Crippen LogP contribution in [0.2, 0.25) is 0 Å². The van der Waals surface area contributed by atoms with E-state index in [4.69, 9.17) is 15.9 Å². The predicted molar refractivity (Wildman–Crippen MR) is 95.1 cm³/mol. The van der Waals surface area contributed by atoms with Gasteiger partial charge in [-0.25, -0.2) is 0 Å². The molecule has 0 saturated carbocycles. The molecule has 0 fully saturated rings. The van der Waals surface area contributed by atoms with Crippen LogP contribution in [0, 0.1) is 0 Å². The van der Waals surface area contributed by atoms with Crippen molar-refractivity contribution in [3.63, 3.8) is 0 Å². The Labute approximate surface area is 148 Å². The van der Waals surface area contributed by atoms with Crippen molar-refractivity contribution in [2.75, 3.05) is 11.1 Å². The summed E-state index contributed by atoms with van der Waals surface area (Å²) >= 11 is 0. The van der Waals surface area contributed by atoms with Gasteiger partial charge in [0.15, 0.2) is 0 Å². The molecule has 0 saturated heterocycles. The van der Waals surface area contributed by atoms with E-state index in [1.54, 1.807) is 30.5 Å². The van der Waals surface area contributed by atoms with Crippen LogP contribution in [-0.4, -0.2) is 10.2 Å². The quantitative estimate of drug-likeness (QED) is 0.581. The Balaban J connectivity index is 1.62. The molecule has 0 amide bonds. The van der Waals surface area contributed by atoms with Gasteiger partial charge in [0.1, 0.15) is 0 Å². The fraction of sp³-hybridized carbons (Fsp3) is 0.111. The highest BCUT2D eigenvalue weighted by Crippen LogP contribution is 2.23. The molecule has 0 radical (unpaired) electrons. The van der Waals surface area contributed by atoms with Gasteiger partial charge < -0.3 is 21.2 Å². The molecule has 0 atom stereocenters. The number of nitrogen functional groups attached to an aromatic ring is 1. The smallest absolute Gasteiger partial charge is 0.314 e. The van der Waals surface area contributed by atoms with E-state index < -0.39 is 12.3 Å². The molecular formula is C18H17F2N5O. The molecular weight excluding hydrogens is 340 g/mol. The first kappa shape index (κ1) is 17.4. The number of benzene rings is 2. The number of nitrogens with one attached hydrogen (secondary N) is 1. The van der Waals surface area contributed by atoms with E-state index in [2.05, 4.69) is 15.5 Å². The minimum atomic E-state index is -2.78. The van der Waals surface area contributed by atoms with E-state index >= 15 is 0 Å². The molecule has 26 heavy (non-hydrogen) atoms. The summed E-state index contributed by atoms with van der Waals surface area (Å²) in [6.45, 7) is 0.